The van der Waals surface area contributed by atoms with E-state index in [2.05, 4.69) is 0 Å². The van der Waals surface area contributed by atoms with Gasteiger partial charge in [-0.2, -0.15) is 5.26 Å². The van der Waals surface area contributed by atoms with Gasteiger partial charge in [-0.3, -0.25) is 0 Å². The third-order valence-electron chi connectivity index (χ3n) is 2.79. The minimum atomic E-state index is -0.250. The van der Waals surface area contributed by atoms with Gasteiger partial charge < -0.3 is 0 Å². The first-order chi connectivity index (χ1) is 8.72. The highest BCUT2D eigenvalue weighted by atomic mass is 19.1. The highest BCUT2D eigenvalue weighted by Gasteiger charge is 2.05. The average molecular weight is 237 g/mol. The summed E-state index contributed by atoms with van der Waals surface area (Å²) in [6.07, 6.45) is 1.52. The summed E-state index contributed by atoms with van der Waals surface area (Å²) in [4.78, 5) is 0. The lowest BCUT2D eigenvalue weighted by Gasteiger charge is -2.09. The Morgan fingerprint density at radius 2 is 1.78 bits per heavy atom. The van der Waals surface area contributed by atoms with Crippen LogP contribution in [-0.4, -0.2) is 0 Å². The van der Waals surface area contributed by atoms with E-state index in [0.29, 0.717) is 0 Å². The molecule has 0 spiro atoms. The van der Waals surface area contributed by atoms with Crippen LogP contribution in [-0.2, 0) is 0 Å². The summed E-state index contributed by atoms with van der Waals surface area (Å²) in [7, 11) is 0. The molecule has 0 saturated carbocycles. The molecule has 0 amide bonds. The van der Waals surface area contributed by atoms with Gasteiger partial charge in [-0.05, 0) is 41.3 Å². The molecule has 0 aliphatic rings. The van der Waals surface area contributed by atoms with E-state index >= 15 is 0 Å². The van der Waals surface area contributed by atoms with Crippen molar-refractivity contribution in [2.45, 2.75) is 6.92 Å². The highest BCUT2D eigenvalue weighted by molar-refractivity contribution is 5.81. The summed E-state index contributed by atoms with van der Waals surface area (Å²) in [5.41, 5.74) is 3.84. The maximum Gasteiger partial charge on any atom is 0.123 e. The summed E-state index contributed by atoms with van der Waals surface area (Å²) < 4.78 is 12.9. The Balaban J connectivity index is 2.55. The van der Waals surface area contributed by atoms with Crippen molar-refractivity contribution in [2.24, 2.45) is 0 Å². The summed E-state index contributed by atoms with van der Waals surface area (Å²) in [5.74, 6) is -0.250. The molecule has 2 aromatic rings. The van der Waals surface area contributed by atoms with Crippen molar-refractivity contribution in [1.82, 2.24) is 0 Å². The zero-order valence-corrected chi connectivity index (χ0v) is 10.0. The molecule has 88 valence electrons. The lowest BCUT2D eigenvalue weighted by Crippen LogP contribution is -1.87. The fourth-order valence-electron chi connectivity index (χ4n) is 1.88. The molecule has 2 heteroatoms. The number of nitrogens with zero attached hydrogens (tertiary/aromatic N) is 1. The number of rotatable bonds is 2. The Morgan fingerprint density at radius 1 is 1.11 bits per heavy atom. The quantitative estimate of drug-likeness (QED) is 0.709. The lowest BCUT2D eigenvalue weighted by molar-refractivity contribution is 0.628. The molecule has 0 aliphatic carbocycles. The van der Waals surface area contributed by atoms with Crippen LogP contribution in [0.1, 0.15) is 12.5 Å². The average Bonchev–Trinajstić information content (AvgIpc) is 2.40. The minimum Gasteiger partial charge on any atom is -0.207 e. The van der Waals surface area contributed by atoms with E-state index in [9.17, 15) is 4.39 Å². The predicted molar refractivity (Wildman–Crippen MR) is 71.1 cm³/mol. The molecule has 0 saturated heterocycles. The second kappa shape index (κ2) is 5.29. The van der Waals surface area contributed by atoms with Gasteiger partial charge in [0.15, 0.2) is 0 Å². The largest absolute Gasteiger partial charge is 0.207 e. The maximum atomic E-state index is 12.9. The van der Waals surface area contributed by atoms with Crippen molar-refractivity contribution in [3.8, 4) is 17.2 Å². The molecular formula is C16H12FN. The third kappa shape index (κ3) is 2.46. The molecular weight excluding hydrogens is 225 g/mol. The normalized spacial score (nSPS) is 11.1. The van der Waals surface area contributed by atoms with Gasteiger partial charge in [0.05, 0.1) is 6.07 Å². The van der Waals surface area contributed by atoms with Gasteiger partial charge in [0, 0.05) is 6.08 Å². The standard InChI is InChI=1S/C16H12FN/c1-12(10-11-18)15-4-2-3-5-16(15)13-6-8-14(17)9-7-13/h2-10H,1H3. The van der Waals surface area contributed by atoms with Crippen molar-refractivity contribution in [1.29, 1.82) is 5.26 Å². The van der Waals surface area contributed by atoms with Gasteiger partial charge in [0.1, 0.15) is 5.82 Å². The first kappa shape index (κ1) is 12.1. The molecule has 2 aromatic carbocycles. The van der Waals surface area contributed by atoms with Crippen molar-refractivity contribution in [2.75, 3.05) is 0 Å². The van der Waals surface area contributed by atoms with E-state index < -0.39 is 0 Å². The molecule has 0 radical (unpaired) electrons. The molecule has 0 atom stereocenters. The molecule has 2 rings (SSSR count). The number of hydrogen-bond acceptors (Lipinski definition) is 1. The Morgan fingerprint density at radius 3 is 2.44 bits per heavy atom. The van der Waals surface area contributed by atoms with Crippen LogP contribution in [0.5, 0.6) is 0 Å². The minimum absolute atomic E-state index is 0.250. The van der Waals surface area contributed by atoms with Crippen molar-refractivity contribution < 1.29 is 4.39 Å². The molecule has 0 bridgehead atoms. The molecule has 0 heterocycles. The van der Waals surface area contributed by atoms with Crippen LogP contribution >= 0.6 is 0 Å². The highest BCUT2D eigenvalue weighted by Crippen LogP contribution is 2.28. The summed E-state index contributed by atoms with van der Waals surface area (Å²) in [6, 6.07) is 16.2. The zero-order valence-electron chi connectivity index (χ0n) is 10.0. The second-order valence-corrected chi connectivity index (χ2v) is 4.01. The van der Waals surface area contributed by atoms with Gasteiger partial charge >= 0.3 is 0 Å². The van der Waals surface area contributed by atoms with Gasteiger partial charge in [-0.15, -0.1) is 0 Å². The lowest BCUT2D eigenvalue weighted by atomic mass is 9.95. The van der Waals surface area contributed by atoms with Crippen LogP contribution in [0.15, 0.2) is 54.6 Å². The summed E-state index contributed by atoms with van der Waals surface area (Å²) in [6.45, 7) is 1.89. The Bertz CT molecular complexity index is 618. The first-order valence-corrected chi connectivity index (χ1v) is 5.64. The van der Waals surface area contributed by atoms with Crippen molar-refractivity contribution >= 4 is 5.57 Å². The Hall–Kier alpha value is -2.40. The topological polar surface area (TPSA) is 23.8 Å². The van der Waals surface area contributed by atoms with Crippen LogP contribution in [0.3, 0.4) is 0 Å². The Kier molecular flexibility index (Phi) is 3.54. The smallest absolute Gasteiger partial charge is 0.123 e. The van der Waals surface area contributed by atoms with E-state index in [1.54, 1.807) is 12.1 Å². The van der Waals surface area contributed by atoms with E-state index in [1.807, 2.05) is 37.3 Å². The van der Waals surface area contributed by atoms with Crippen LogP contribution in [0.2, 0.25) is 0 Å². The van der Waals surface area contributed by atoms with Crippen LogP contribution in [0.4, 0.5) is 4.39 Å². The molecule has 0 fully saturated rings. The number of benzene rings is 2. The SMILES string of the molecule is CC(=CC#N)c1ccccc1-c1ccc(F)cc1. The molecule has 0 N–H and O–H groups in total. The predicted octanol–water partition coefficient (Wildman–Crippen LogP) is 4.42. The van der Waals surface area contributed by atoms with Gasteiger partial charge in [0.2, 0.25) is 0 Å². The van der Waals surface area contributed by atoms with E-state index in [0.717, 1.165) is 22.3 Å². The zero-order chi connectivity index (χ0) is 13.0. The maximum absolute atomic E-state index is 12.9. The monoisotopic (exact) mass is 237 g/mol. The van der Waals surface area contributed by atoms with E-state index in [1.165, 1.54) is 18.2 Å². The Labute approximate surface area is 106 Å². The first-order valence-electron chi connectivity index (χ1n) is 5.64. The van der Waals surface area contributed by atoms with E-state index in [-0.39, 0.29) is 5.82 Å². The van der Waals surface area contributed by atoms with Gasteiger partial charge in [-0.25, -0.2) is 4.39 Å². The number of hydrogen-bond donors (Lipinski definition) is 0. The molecule has 0 unspecified atom stereocenters. The van der Waals surface area contributed by atoms with Crippen LogP contribution in [0.25, 0.3) is 16.7 Å². The summed E-state index contributed by atoms with van der Waals surface area (Å²) in [5, 5.41) is 8.72. The molecule has 0 aliphatic heterocycles. The number of halogens is 1. The van der Waals surface area contributed by atoms with Crippen LogP contribution < -0.4 is 0 Å². The summed E-state index contributed by atoms with van der Waals surface area (Å²) >= 11 is 0. The third-order valence-corrected chi connectivity index (χ3v) is 2.79. The van der Waals surface area contributed by atoms with Gasteiger partial charge in [-0.1, -0.05) is 36.4 Å². The number of nitriles is 1. The van der Waals surface area contributed by atoms with Crippen molar-refractivity contribution in [3.63, 3.8) is 0 Å². The molecule has 0 aromatic heterocycles. The fraction of sp³-hybridized carbons (Fsp3) is 0.0625. The van der Waals surface area contributed by atoms with Gasteiger partial charge in [0.25, 0.3) is 0 Å². The fourth-order valence-corrected chi connectivity index (χ4v) is 1.88. The molecule has 18 heavy (non-hydrogen) atoms. The van der Waals surface area contributed by atoms with E-state index in [4.69, 9.17) is 5.26 Å². The van der Waals surface area contributed by atoms with Crippen molar-refractivity contribution in [3.05, 3.63) is 66.0 Å². The van der Waals surface area contributed by atoms with Crippen LogP contribution in [0, 0.1) is 17.1 Å². The second-order valence-electron chi connectivity index (χ2n) is 4.01. The molecule has 1 nitrogen and oxygen atoms in total. The number of allylic oxidation sites excluding steroid dienone is 2.